The van der Waals surface area contributed by atoms with Gasteiger partial charge in [0.2, 0.25) is 0 Å². The molecule has 2 rings (SSSR count). The third-order valence-corrected chi connectivity index (χ3v) is 12.3. The quantitative estimate of drug-likeness (QED) is 0.0883. The van der Waals surface area contributed by atoms with Gasteiger partial charge in [0.15, 0.2) is 0 Å². The first-order valence-electron chi connectivity index (χ1n) is 6.06. The van der Waals surface area contributed by atoms with E-state index in [9.17, 15) is 17.8 Å². The van der Waals surface area contributed by atoms with Crippen molar-refractivity contribution in [3.63, 3.8) is 0 Å². The van der Waals surface area contributed by atoms with Gasteiger partial charge in [-0.2, -0.15) is 8.42 Å². The molecule has 0 bridgehead atoms. The van der Waals surface area contributed by atoms with Crippen molar-refractivity contribution < 1.29 is 22.5 Å². The number of benzene rings is 2. The monoisotopic (exact) mass is 919 g/mol. The average molecular weight is 925 g/mol. The van der Waals surface area contributed by atoms with Gasteiger partial charge in [0.05, 0.1) is 5.56 Å². The predicted octanol–water partition coefficient (Wildman–Crippen LogP) is 7.17. The zero-order valence-electron chi connectivity index (χ0n) is 11.8. The van der Waals surface area contributed by atoms with Gasteiger partial charge in [0.25, 0.3) is 10.1 Å². The number of hydrogen-bond donors (Lipinski definition) is 1. The van der Waals surface area contributed by atoms with Crippen LogP contribution in [0.25, 0.3) is 0 Å². The molecule has 0 aliphatic rings. The summed E-state index contributed by atoms with van der Waals surface area (Å²) in [5.74, 6) is -0.519. The lowest BCUT2D eigenvalue weighted by atomic mass is 10.2. The zero-order valence-corrected chi connectivity index (χ0v) is 24.9. The second-order valence-electron chi connectivity index (χ2n) is 4.53. The van der Waals surface area contributed by atoms with Crippen molar-refractivity contribution in [2.45, 2.75) is 4.90 Å². The third kappa shape index (κ3) is 5.05. The van der Waals surface area contributed by atoms with Crippen LogP contribution in [0.15, 0.2) is 39.4 Å². The van der Waals surface area contributed by atoms with Crippen LogP contribution in [0.5, 0.6) is 5.75 Å². The fourth-order valence-corrected chi connectivity index (χ4v) is 9.15. The number of carbonyl (C=O) groups is 1. The number of halogens is 7. The molecule has 26 heavy (non-hydrogen) atoms. The van der Waals surface area contributed by atoms with Crippen LogP contribution >= 0.6 is 125 Å². The summed E-state index contributed by atoms with van der Waals surface area (Å²) in [7, 11) is -4.38. The first-order valence-corrected chi connectivity index (χ1v) is 13.6. The normalized spacial score (nSPS) is 11.5. The van der Waals surface area contributed by atoms with Crippen molar-refractivity contribution in [3.05, 3.63) is 47.2 Å². The minimum absolute atomic E-state index is 0.144. The van der Waals surface area contributed by atoms with Crippen molar-refractivity contribution in [1.29, 1.82) is 0 Å². The molecule has 0 radical (unpaired) electrons. The molecule has 5 nitrogen and oxygen atoms in total. The lowest BCUT2D eigenvalue weighted by molar-refractivity contribution is 0.0732. The minimum atomic E-state index is -4.38. The Morgan fingerprint density at radius 1 is 0.885 bits per heavy atom. The SMILES string of the molecule is O=C(Oc1cc(I)c(S(=O)(=O)O)c(I)c1)c1c(Br)c(Br)c(Br)c(Br)c1Br. The molecule has 0 aliphatic heterocycles. The highest BCUT2D eigenvalue weighted by Crippen LogP contribution is 2.44. The molecule has 2 aromatic rings. The molecule has 13 heteroatoms. The van der Waals surface area contributed by atoms with E-state index in [2.05, 4.69) is 79.6 Å². The smallest absolute Gasteiger partial charge is 0.345 e. The average Bonchev–Trinajstić information content (AvgIpc) is 2.49. The van der Waals surface area contributed by atoms with Crippen LogP contribution in [0, 0.1) is 7.14 Å². The van der Waals surface area contributed by atoms with Crippen LogP contribution in [0.1, 0.15) is 10.4 Å². The largest absolute Gasteiger partial charge is 0.423 e. The van der Waals surface area contributed by atoms with Crippen LogP contribution in [0.4, 0.5) is 0 Å². The van der Waals surface area contributed by atoms with Gasteiger partial charge >= 0.3 is 5.97 Å². The summed E-state index contributed by atoms with van der Waals surface area (Å²) < 4.78 is 40.9. The van der Waals surface area contributed by atoms with Crippen LogP contribution < -0.4 is 4.74 Å². The lowest BCUT2D eigenvalue weighted by Crippen LogP contribution is -2.12. The van der Waals surface area contributed by atoms with Gasteiger partial charge in [-0.3, -0.25) is 4.55 Å². The van der Waals surface area contributed by atoms with E-state index in [0.29, 0.717) is 22.4 Å². The third-order valence-electron chi connectivity index (χ3n) is 2.85. The Hall–Kier alpha value is 1.68. The Morgan fingerprint density at radius 3 is 1.65 bits per heavy atom. The summed E-state index contributed by atoms with van der Waals surface area (Å²) in [6, 6.07) is 2.71. The summed E-state index contributed by atoms with van der Waals surface area (Å²) in [6.45, 7) is 0. The molecule has 0 atom stereocenters. The molecule has 0 saturated heterocycles. The van der Waals surface area contributed by atoms with Crippen molar-refractivity contribution in [2.75, 3.05) is 0 Å². The molecular weight excluding hydrogens is 922 g/mol. The summed E-state index contributed by atoms with van der Waals surface area (Å²) in [4.78, 5) is 12.4. The fourth-order valence-electron chi connectivity index (χ4n) is 1.78. The molecule has 0 unspecified atom stereocenters. The van der Waals surface area contributed by atoms with E-state index in [-0.39, 0.29) is 23.3 Å². The van der Waals surface area contributed by atoms with Crippen LogP contribution in [-0.2, 0) is 10.1 Å². The van der Waals surface area contributed by atoms with Gasteiger partial charge < -0.3 is 4.74 Å². The summed E-state index contributed by atoms with van der Waals surface area (Å²) in [5, 5.41) is 0. The minimum Gasteiger partial charge on any atom is -0.423 e. The maximum atomic E-state index is 12.7. The number of ether oxygens (including phenoxy) is 1. The number of esters is 1. The van der Waals surface area contributed by atoms with Crippen molar-refractivity contribution >= 4 is 141 Å². The lowest BCUT2D eigenvalue weighted by Gasteiger charge is -2.14. The highest BCUT2D eigenvalue weighted by molar-refractivity contribution is 14.1. The molecule has 0 aromatic heterocycles. The van der Waals surface area contributed by atoms with E-state index in [1.54, 1.807) is 45.2 Å². The van der Waals surface area contributed by atoms with Gasteiger partial charge in [0, 0.05) is 29.5 Å². The second-order valence-corrected chi connectivity index (χ2v) is 12.2. The predicted molar refractivity (Wildman–Crippen MR) is 132 cm³/mol. The maximum Gasteiger partial charge on any atom is 0.345 e. The molecule has 0 spiro atoms. The van der Waals surface area contributed by atoms with E-state index in [1.807, 2.05) is 0 Å². The standard InChI is InChI=1S/C13H3Br5I2O5S/c14-7-6(8(15)10(17)11(18)9(7)16)13(21)25-3-1-4(19)12(5(20)2-3)26(22,23)24/h1-2H,(H,22,23,24). The Balaban J connectivity index is 2.50. The van der Waals surface area contributed by atoms with Crippen molar-refractivity contribution in [3.8, 4) is 5.75 Å². The molecule has 140 valence electrons. The molecule has 1 N–H and O–H groups in total. The van der Waals surface area contributed by atoms with Gasteiger partial charge in [-0.05, 0) is 137 Å². The zero-order chi connectivity index (χ0) is 20.0. The topological polar surface area (TPSA) is 80.7 Å². The molecule has 0 heterocycles. The van der Waals surface area contributed by atoms with Gasteiger partial charge in [-0.1, -0.05) is 0 Å². The Bertz CT molecular complexity index is 990. The van der Waals surface area contributed by atoms with Crippen LogP contribution in [0.2, 0.25) is 0 Å². The van der Waals surface area contributed by atoms with Gasteiger partial charge in [0.1, 0.15) is 10.6 Å². The first kappa shape index (κ1) is 24.0. The Morgan fingerprint density at radius 2 is 1.27 bits per heavy atom. The van der Waals surface area contributed by atoms with Crippen LogP contribution in [-0.4, -0.2) is 18.9 Å². The van der Waals surface area contributed by atoms with E-state index < -0.39 is 16.1 Å². The Labute approximate surface area is 218 Å². The molecule has 0 aliphatic carbocycles. The maximum absolute atomic E-state index is 12.7. The molecule has 0 fully saturated rings. The Kier molecular flexibility index (Phi) is 8.50. The summed E-state index contributed by atoms with van der Waals surface area (Å²) in [6.07, 6.45) is 0. The fraction of sp³-hybridized carbons (Fsp3) is 0. The van der Waals surface area contributed by atoms with E-state index in [0.717, 1.165) is 0 Å². The number of rotatable bonds is 3. The molecule has 2 aromatic carbocycles. The van der Waals surface area contributed by atoms with Crippen molar-refractivity contribution in [1.82, 2.24) is 0 Å². The first-order chi connectivity index (χ1) is 11.9. The highest BCUT2D eigenvalue weighted by atomic mass is 127. The van der Waals surface area contributed by atoms with Crippen LogP contribution in [0.3, 0.4) is 0 Å². The molecule has 0 saturated carbocycles. The van der Waals surface area contributed by atoms with Gasteiger partial charge in [-0.25, -0.2) is 4.79 Å². The summed E-state index contributed by atoms with van der Waals surface area (Å²) >= 11 is 20.3. The summed E-state index contributed by atoms with van der Waals surface area (Å²) in [5.41, 5.74) is 0.232. The van der Waals surface area contributed by atoms with E-state index in [4.69, 9.17) is 4.74 Å². The van der Waals surface area contributed by atoms with Crippen molar-refractivity contribution in [2.24, 2.45) is 0 Å². The second kappa shape index (κ2) is 9.22. The van der Waals surface area contributed by atoms with E-state index >= 15 is 0 Å². The highest BCUT2D eigenvalue weighted by Gasteiger charge is 2.25. The molecular formula is C13H3Br5I2O5S. The number of hydrogen-bond acceptors (Lipinski definition) is 4. The van der Waals surface area contributed by atoms with E-state index in [1.165, 1.54) is 12.1 Å². The molecule has 0 amide bonds. The van der Waals surface area contributed by atoms with Gasteiger partial charge in [-0.15, -0.1) is 0 Å². The number of carbonyl (C=O) groups excluding carboxylic acids is 1.